The molecule has 1 atom stereocenters. The maximum Gasteiger partial charge on any atom is 0.416 e. The standard InChI is InChI=1S/C21H21F3N2O3S/c1-15(25-30(28,29)19-9-5-8-18(14-19)21(22,23)24)20(27)26-12-10-17(11-13-26)16-6-3-2-4-7-16/h2-10,14-15,25H,11-13H2,1H3. The van der Waals surface area contributed by atoms with Crippen molar-refractivity contribution in [2.24, 2.45) is 0 Å². The largest absolute Gasteiger partial charge is 0.416 e. The zero-order valence-corrected chi connectivity index (χ0v) is 17.0. The number of benzene rings is 2. The zero-order chi connectivity index (χ0) is 21.9. The Balaban J connectivity index is 1.68. The first-order valence-electron chi connectivity index (χ1n) is 9.31. The van der Waals surface area contributed by atoms with Gasteiger partial charge in [-0.05, 0) is 42.7 Å². The molecule has 1 aliphatic rings. The first kappa shape index (κ1) is 22.0. The van der Waals surface area contributed by atoms with E-state index in [0.29, 0.717) is 25.6 Å². The van der Waals surface area contributed by atoms with E-state index in [-0.39, 0.29) is 0 Å². The lowest BCUT2D eigenvalue weighted by molar-refractivity contribution is -0.137. The average Bonchev–Trinajstić information content (AvgIpc) is 2.73. The summed E-state index contributed by atoms with van der Waals surface area (Å²) in [5.74, 6) is -0.436. The Hall–Kier alpha value is -2.65. The Morgan fingerprint density at radius 1 is 1.10 bits per heavy atom. The van der Waals surface area contributed by atoms with Gasteiger partial charge in [0.05, 0.1) is 16.5 Å². The molecule has 2 aromatic rings. The van der Waals surface area contributed by atoms with Crippen molar-refractivity contribution < 1.29 is 26.4 Å². The van der Waals surface area contributed by atoms with E-state index >= 15 is 0 Å². The number of nitrogens with one attached hydrogen (secondary N) is 1. The molecule has 0 spiro atoms. The first-order chi connectivity index (χ1) is 14.1. The van der Waals surface area contributed by atoms with Crippen LogP contribution in [0.2, 0.25) is 0 Å². The third kappa shape index (κ3) is 5.09. The summed E-state index contributed by atoms with van der Waals surface area (Å²) in [5, 5.41) is 0. The van der Waals surface area contributed by atoms with Crippen LogP contribution in [0.3, 0.4) is 0 Å². The Labute approximate surface area is 173 Å². The van der Waals surface area contributed by atoms with Gasteiger partial charge in [0.25, 0.3) is 0 Å². The van der Waals surface area contributed by atoms with E-state index in [0.717, 1.165) is 29.3 Å². The van der Waals surface area contributed by atoms with Gasteiger partial charge >= 0.3 is 6.18 Å². The molecule has 2 aromatic carbocycles. The number of hydrogen-bond acceptors (Lipinski definition) is 3. The summed E-state index contributed by atoms with van der Waals surface area (Å²) < 4.78 is 65.7. The van der Waals surface area contributed by atoms with Gasteiger partial charge in [0.2, 0.25) is 15.9 Å². The first-order valence-corrected chi connectivity index (χ1v) is 10.8. The monoisotopic (exact) mass is 438 g/mol. The summed E-state index contributed by atoms with van der Waals surface area (Å²) in [6.07, 6.45) is -2.11. The van der Waals surface area contributed by atoms with E-state index < -0.39 is 38.6 Å². The third-order valence-electron chi connectivity index (χ3n) is 4.84. The van der Waals surface area contributed by atoms with Crippen molar-refractivity contribution in [3.8, 4) is 0 Å². The van der Waals surface area contributed by atoms with Crippen molar-refractivity contribution in [1.29, 1.82) is 0 Å². The number of rotatable bonds is 5. The summed E-state index contributed by atoms with van der Waals surface area (Å²) >= 11 is 0. The minimum absolute atomic E-state index is 0.332. The quantitative estimate of drug-likeness (QED) is 0.774. The molecule has 0 bridgehead atoms. The number of nitrogens with zero attached hydrogens (tertiary/aromatic N) is 1. The molecule has 30 heavy (non-hydrogen) atoms. The molecule has 1 unspecified atom stereocenters. The van der Waals surface area contributed by atoms with Gasteiger partial charge in [0, 0.05) is 13.1 Å². The van der Waals surface area contributed by atoms with Crippen molar-refractivity contribution in [2.75, 3.05) is 13.1 Å². The van der Waals surface area contributed by atoms with Crippen LogP contribution in [0.4, 0.5) is 13.2 Å². The number of alkyl halides is 3. The summed E-state index contributed by atoms with van der Waals surface area (Å²) in [6.45, 7) is 2.14. The number of hydrogen-bond donors (Lipinski definition) is 1. The SMILES string of the molecule is CC(NS(=O)(=O)c1cccc(C(F)(F)F)c1)C(=O)N1CC=C(c2ccccc2)CC1. The third-order valence-corrected chi connectivity index (χ3v) is 6.38. The molecule has 1 aliphatic heterocycles. The summed E-state index contributed by atoms with van der Waals surface area (Å²) in [4.78, 5) is 13.6. The minimum Gasteiger partial charge on any atom is -0.337 e. The van der Waals surface area contributed by atoms with E-state index in [9.17, 15) is 26.4 Å². The molecule has 1 N–H and O–H groups in total. The van der Waals surface area contributed by atoms with Crippen LogP contribution in [0, 0.1) is 0 Å². The second-order valence-electron chi connectivity index (χ2n) is 7.00. The Morgan fingerprint density at radius 2 is 1.80 bits per heavy atom. The van der Waals surface area contributed by atoms with Crippen LogP contribution < -0.4 is 4.72 Å². The lowest BCUT2D eigenvalue weighted by Gasteiger charge is -2.29. The average molecular weight is 438 g/mol. The maximum atomic E-state index is 12.9. The summed E-state index contributed by atoms with van der Waals surface area (Å²) in [7, 11) is -4.29. The van der Waals surface area contributed by atoms with Crippen molar-refractivity contribution in [3.05, 3.63) is 71.8 Å². The molecule has 1 amide bonds. The molecule has 0 fully saturated rings. The molecule has 160 valence electrons. The number of amides is 1. The predicted molar refractivity (Wildman–Crippen MR) is 107 cm³/mol. The van der Waals surface area contributed by atoms with E-state index in [1.165, 1.54) is 11.8 Å². The van der Waals surface area contributed by atoms with Crippen LogP contribution in [0.15, 0.2) is 65.6 Å². The van der Waals surface area contributed by atoms with Gasteiger partial charge in [0.1, 0.15) is 0 Å². The number of sulfonamides is 1. The maximum absolute atomic E-state index is 12.9. The molecule has 0 saturated carbocycles. The van der Waals surface area contributed by atoms with E-state index in [1.54, 1.807) is 0 Å². The van der Waals surface area contributed by atoms with Gasteiger partial charge in [-0.3, -0.25) is 4.79 Å². The van der Waals surface area contributed by atoms with Gasteiger partial charge < -0.3 is 4.90 Å². The Kier molecular flexibility index (Phi) is 6.33. The fraction of sp³-hybridized carbons (Fsp3) is 0.286. The van der Waals surface area contributed by atoms with Crippen LogP contribution in [-0.4, -0.2) is 38.4 Å². The van der Waals surface area contributed by atoms with Crippen LogP contribution in [0.5, 0.6) is 0 Å². The number of carbonyl (C=O) groups is 1. The predicted octanol–water partition coefficient (Wildman–Crippen LogP) is 3.69. The smallest absolute Gasteiger partial charge is 0.337 e. The van der Waals surface area contributed by atoms with Crippen LogP contribution in [0.1, 0.15) is 24.5 Å². The molecule has 0 aliphatic carbocycles. The Morgan fingerprint density at radius 3 is 2.40 bits per heavy atom. The zero-order valence-electron chi connectivity index (χ0n) is 16.2. The molecule has 0 saturated heterocycles. The van der Waals surface area contributed by atoms with E-state index in [4.69, 9.17) is 0 Å². The molecule has 9 heteroatoms. The van der Waals surface area contributed by atoms with Crippen LogP contribution in [0.25, 0.3) is 5.57 Å². The molecule has 5 nitrogen and oxygen atoms in total. The summed E-state index contributed by atoms with van der Waals surface area (Å²) in [6, 6.07) is 12.0. The molecular weight excluding hydrogens is 417 g/mol. The Bertz CT molecular complexity index is 1050. The van der Waals surface area contributed by atoms with Gasteiger partial charge in [-0.1, -0.05) is 42.5 Å². The highest BCUT2D eigenvalue weighted by Gasteiger charge is 2.32. The topological polar surface area (TPSA) is 66.5 Å². The highest BCUT2D eigenvalue weighted by molar-refractivity contribution is 7.89. The van der Waals surface area contributed by atoms with Crippen molar-refractivity contribution in [3.63, 3.8) is 0 Å². The second kappa shape index (κ2) is 8.61. The van der Waals surface area contributed by atoms with Crippen molar-refractivity contribution in [1.82, 2.24) is 9.62 Å². The lowest BCUT2D eigenvalue weighted by atomic mass is 9.99. The number of halogens is 3. The van der Waals surface area contributed by atoms with Crippen LogP contribution in [-0.2, 0) is 21.0 Å². The molecule has 0 radical (unpaired) electrons. The molecule has 1 heterocycles. The second-order valence-corrected chi connectivity index (χ2v) is 8.71. The molecular formula is C21H21F3N2O3S. The normalized spacial score (nSPS) is 16.1. The van der Waals surface area contributed by atoms with E-state index in [1.807, 2.05) is 36.4 Å². The minimum atomic E-state index is -4.66. The van der Waals surface area contributed by atoms with Crippen LogP contribution >= 0.6 is 0 Å². The highest BCUT2D eigenvalue weighted by Crippen LogP contribution is 2.30. The lowest BCUT2D eigenvalue weighted by Crippen LogP contribution is -2.48. The summed E-state index contributed by atoms with van der Waals surface area (Å²) in [5.41, 5.74) is 1.11. The number of carbonyl (C=O) groups excluding carboxylic acids is 1. The van der Waals surface area contributed by atoms with Crippen molar-refractivity contribution in [2.45, 2.75) is 30.5 Å². The van der Waals surface area contributed by atoms with Gasteiger partial charge in [-0.25, -0.2) is 8.42 Å². The van der Waals surface area contributed by atoms with E-state index in [2.05, 4.69) is 4.72 Å². The fourth-order valence-electron chi connectivity index (χ4n) is 3.25. The van der Waals surface area contributed by atoms with Gasteiger partial charge in [-0.2, -0.15) is 17.9 Å². The van der Waals surface area contributed by atoms with Gasteiger partial charge in [-0.15, -0.1) is 0 Å². The van der Waals surface area contributed by atoms with Gasteiger partial charge in [0.15, 0.2) is 0 Å². The van der Waals surface area contributed by atoms with Crippen molar-refractivity contribution >= 4 is 21.5 Å². The fourth-order valence-corrected chi connectivity index (χ4v) is 4.49. The highest BCUT2D eigenvalue weighted by atomic mass is 32.2. The molecule has 0 aromatic heterocycles. The molecule has 3 rings (SSSR count).